The topological polar surface area (TPSA) is 67.8 Å². The Hall–Kier alpha value is -2.18. The van der Waals surface area contributed by atoms with Gasteiger partial charge in [-0.1, -0.05) is 24.3 Å². The number of nitrogens with one attached hydrogen (secondary N) is 2. The van der Waals surface area contributed by atoms with Crippen LogP contribution < -0.4 is 10.6 Å². The van der Waals surface area contributed by atoms with Crippen LogP contribution in [0.5, 0.6) is 0 Å². The lowest BCUT2D eigenvalue weighted by Gasteiger charge is -2.12. The molecule has 1 atom stereocenters. The maximum Gasteiger partial charge on any atom is 0.191 e. The number of guanidine groups is 1. The Bertz CT molecular complexity index is 724. The molecule has 1 aliphatic heterocycles. The highest BCUT2D eigenvalue weighted by Crippen LogP contribution is 2.16. The number of benzene rings is 1. The average Bonchev–Trinajstić information content (AvgIpc) is 3.22. The second-order valence-corrected chi connectivity index (χ2v) is 6.76. The van der Waals surface area contributed by atoms with Crippen molar-refractivity contribution in [1.29, 1.82) is 0 Å². The molecule has 0 saturated carbocycles. The van der Waals surface area contributed by atoms with Gasteiger partial charge in [0.15, 0.2) is 5.96 Å². The quantitative estimate of drug-likeness (QED) is 0.404. The summed E-state index contributed by atoms with van der Waals surface area (Å²) < 4.78 is 11.1. The van der Waals surface area contributed by atoms with Gasteiger partial charge in [-0.25, -0.2) is 4.99 Å². The first-order valence-corrected chi connectivity index (χ1v) is 9.87. The summed E-state index contributed by atoms with van der Waals surface area (Å²) in [6.07, 6.45) is 3.92. The van der Waals surface area contributed by atoms with Gasteiger partial charge in [0.25, 0.3) is 0 Å². The number of rotatable bonds is 9. The summed E-state index contributed by atoms with van der Waals surface area (Å²) in [6.45, 7) is 7.56. The Morgan fingerprint density at radius 1 is 1.30 bits per heavy atom. The highest BCUT2D eigenvalue weighted by atomic mass is 16.5. The number of nitrogens with zero attached hydrogens (tertiary/aromatic N) is 2. The second kappa shape index (κ2) is 10.8. The third-order valence-corrected chi connectivity index (χ3v) is 4.62. The molecule has 3 rings (SSSR count). The molecular formula is C21H30N4O2. The van der Waals surface area contributed by atoms with E-state index in [2.05, 4.69) is 39.7 Å². The molecule has 27 heavy (non-hydrogen) atoms. The van der Waals surface area contributed by atoms with E-state index in [0.717, 1.165) is 69.4 Å². The minimum absolute atomic E-state index is 0.550. The average molecular weight is 370 g/mol. The minimum Gasteiger partial charge on any atom is -0.381 e. The zero-order valence-corrected chi connectivity index (χ0v) is 16.1. The zero-order chi connectivity index (χ0) is 18.7. The van der Waals surface area contributed by atoms with Crippen molar-refractivity contribution in [2.45, 2.75) is 26.3 Å². The predicted octanol–water partition coefficient (Wildman–Crippen LogP) is 2.73. The lowest BCUT2D eigenvalue weighted by atomic mass is 10.1. The van der Waals surface area contributed by atoms with Gasteiger partial charge >= 0.3 is 0 Å². The maximum atomic E-state index is 5.75. The molecule has 1 unspecified atom stereocenters. The van der Waals surface area contributed by atoms with E-state index in [0.29, 0.717) is 12.5 Å². The van der Waals surface area contributed by atoms with E-state index in [4.69, 9.17) is 9.47 Å². The molecule has 0 radical (unpaired) electrons. The summed E-state index contributed by atoms with van der Waals surface area (Å²) in [6, 6.07) is 10.3. The van der Waals surface area contributed by atoms with Crippen LogP contribution in [-0.2, 0) is 16.0 Å². The van der Waals surface area contributed by atoms with Gasteiger partial charge in [0, 0.05) is 43.8 Å². The molecule has 1 fully saturated rings. The molecule has 2 N–H and O–H groups in total. The van der Waals surface area contributed by atoms with Crippen molar-refractivity contribution in [3.63, 3.8) is 0 Å². The summed E-state index contributed by atoms with van der Waals surface area (Å²) in [5, 5.41) is 9.02. The van der Waals surface area contributed by atoms with Crippen molar-refractivity contribution in [3.8, 4) is 0 Å². The summed E-state index contributed by atoms with van der Waals surface area (Å²) in [5.41, 5.74) is 0.993. The molecule has 0 bridgehead atoms. The van der Waals surface area contributed by atoms with Crippen LogP contribution in [0.4, 0.5) is 0 Å². The number of ether oxygens (including phenoxy) is 2. The fourth-order valence-electron chi connectivity index (χ4n) is 3.15. The fourth-order valence-corrected chi connectivity index (χ4v) is 3.15. The van der Waals surface area contributed by atoms with Gasteiger partial charge in [-0.05, 0) is 31.2 Å². The Balaban J connectivity index is 1.44. The number of pyridine rings is 1. The lowest BCUT2D eigenvalue weighted by molar-refractivity contribution is 0.0888. The fraction of sp³-hybridized carbons (Fsp3) is 0.524. The third kappa shape index (κ3) is 6.19. The molecule has 146 valence electrons. The molecule has 2 aromatic rings. The van der Waals surface area contributed by atoms with Crippen molar-refractivity contribution >= 4 is 16.7 Å². The van der Waals surface area contributed by atoms with E-state index < -0.39 is 0 Å². The zero-order valence-electron chi connectivity index (χ0n) is 16.1. The second-order valence-electron chi connectivity index (χ2n) is 6.76. The monoisotopic (exact) mass is 370 g/mol. The van der Waals surface area contributed by atoms with Crippen LogP contribution in [0.1, 0.15) is 25.5 Å². The SMILES string of the molecule is CCNC(=NCc1nccc2ccccc12)NCCCOCC1CCOC1. The molecule has 1 aliphatic rings. The first kappa shape index (κ1) is 19.6. The number of hydrogen-bond donors (Lipinski definition) is 2. The number of fused-ring (bicyclic) bond motifs is 1. The summed E-state index contributed by atoms with van der Waals surface area (Å²) >= 11 is 0. The summed E-state index contributed by atoms with van der Waals surface area (Å²) in [7, 11) is 0. The van der Waals surface area contributed by atoms with Crippen molar-refractivity contribution in [2.75, 3.05) is 39.5 Å². The van der Waals surface area contributed by atoms with Crippen molar-refractivity contribution in [2.24, 2.45) is 10.9 Å². The van der Waals surface area contributed by atoms with E-state index >= 15 is 0 Å². The molecule has 6 heteroatoms. The van der Waals surface area contributed by atoms with Gasteiger partial charge in [-0.15, -0.1) is 0 Å². The molecule has 2 heterocycles. The molecule has 6 nitrogen and oxygen atoms in total. The molecule has 0 amide bonds. The van der Waals surface area contributed by atoms with Gasteiger partial charge in [-0.2, -0.15) is 0 Å². The number of aliphatic imine (C=N–C) groups is 1. The van der Waals surface area contributed by atoms with E-state index in [1.54, 1.807) is 0 Å². The summed E-state index contributed by atoms with van der Waals surface area (Å²) in [5.74, 6) is 1.39. The lowest BCUT2D eigenvalue weighted by Crippen LogP contribution is -2.38. The Labute approximate surface area is 161 Å². The van der Waals surface area contributed by atoms with E-state index in [-0.39, 0.29) is 0 Å². The van der Waals surface area contributed by atoms with Crippen LogP contribution >= 0.6 is 0 Å². The largest absolute Gasteiger partial charge is 0.381 e. The molecular weight excluding hydrogens is 340 g/mol. The Kier molecular flexibility index (Phi) is 7.86. The first-order chi connectivity index (χ1) is 13.4. The van der Waals surface area contributed by atoms with Crippen LogP contribution in [0.25, 0.3) is 10.8 Å². The first-order valence-electron chi connectivity index (χ1n) is 9.87. The van der Waals surface area contributed by atoms with Crippen molar-refractivity contribution in [3.05, 3.63) is 42.2 Å². The minimum atomic E-state index is 0.550. The molecule has 1 aromatic carbocycles. The number of hydrogen-bond acceptors (Lipinski definition) is 4. The van der Waals surface area contributed by atoms with Gasteiger partial charge < -0.3 is 20.1 Å². The molecule has 0 aliphatic carbocycles. The normalized spacial score (nSPS) is 17.4. The van der Waals surface area contributed by atoms with Gasteiger partial charge in [0.05, 0.1) is 25.5 Å². The standard InChI is InChI=1S/C21H30N4O2/c1-2-22-21(24-10-5-12-26-15-17-9-13-27-16-17)25-14-20-19-7-4-3-6-18(19)8-11-23-20/h3-4,6-8,11,17H,2,5,9-10,12-16H2,1H3,(H2,22,24,25). The predicted molar refractivity (Wildman–Crippen MR) is 109 cm³/mol. The smallest absolute Gasteiger partial charge is 0.191 e. The highest BCUT2D eigenvalue weighted by Gasteiger charge is 2.15. The van der Waals surface area contributed by atoms with Crippen LogP contribution in [0, 0.1) is 5.92 Å². The van der Waals surface area contributed by atoms with E-state index in [1.807, 2.05) is 24.4 Å². The third-order valence-electron chi connectivity index (χ3n) is 4.62. The number of aromatic nitrogens is 1. The van der Waals surface area contributed by atoms with Crippen LogP contribution in [0.2, 0.25) is 0 Å². The van der Waals surface area contributed by atoms with Crippen LogP contribution in [-0.4, -0.2) is 50.5 Å². The molecule has 1 saturated heterocycles. The van der Waals surface area contributed by atoms with Gasteiger partial charge in [0.2, 0.25) is 0 Å². The van der Waals surface area contributed by atoms with Gasteiger partial charge in [0.1, 0.15) is 0 Å². The van der Waals surface area contributed by atoms with Crippen LogP contribution in [0.3, 0.4) is 0 Å². The van der Waals surface area contributed by atoms with E-state index in [1.165, 1.54) is 5.39 Å². The van der Waals surface area contributed by atoms with Gasteiger partial charge in [-0.3, -0.25) is 4.98 Å². The summed E-state index contributed by atoms with van der Waals surface area (Å²) in [4.78, 5) is 9.19. The van der Waals surface area contributed by atoms with Crippen LogP contribution in [0.15, 0.2) is 41.5 Å². The van der Waals surface area contributed by atoms with Crippen molar-refractivity contribution < 1.29 is 9.47 Å². The highest BCUT2D eigenvalue weighted by molar-refractivity contribution is 5.85. The van der Waals surface area contributed by atoms with E-state index in [9.17, 15) is 0 Å². The maximum absolute atomic E-state index is 5.75. The Morgan fingerprint density at radius 3 is 3.07 bits per heavy atom. The molecule has 0 spiro atoms. The van der Waals surface area contributed by atoms with Crippen molar-refractivity contribution in [1.82, 2.24) is 15.6 Å². The molecule has 1 aromatic heterocycles. The Morgan fingerprint density at radius 2 is 2.22 bits per heavy atom.